The van der Waals surface area contributed by atoms with Gasteiger partial charge in [-0.1, -0.05) is 32.0 Å². The summed E-state index contributed by atoms with van der Waals surface area (Å²) in [5, 5.41) is 4.57. The number of para-hydroxylation sites is 1. The van der Waals surface area contributed by atoms with Crippen LogP contribution in [0.15, 0.2) is 30.3 Å². The van der Waals surface area contributed by atoms with Crippen LogP contribution >= 0.6 is 0 Å². The number of hydrogen-bond acceptors (Lipinski definition) is 2. The molecule has 1 aromatic carbocycles. The zero-order valence-corrected chi connectivity index (χ0v) is 9.66. The van der Waals surface area contributed by atoms with E-state index in [-0.39, 0.29) is 11.7 Å². The molecule has 0 unspecified atom stereocenters. The summed E-state index contributed by atoms with van der Waals surface area (Å²) in [5.74, 6) is 0. The largest absolute Gasteiger partial charge is 0.338 e. The van der Waals surface area contributed by atoms with E-state index in [0.29, 0.717) is 0 Å². The van der Waals surface area contributed by atoms with Gasteiger partial charge in [0.2, 0.25) is 0 Å². The summed E-state index contributed by atoms with van der Waals surface area (Å²) in [6.45, 7) is 4.12. The summed E-state index contributed by atoms with van der Waals surface area (Å²) in [6.07, 6.45) is 1.72. The summed E-state index contributed by atoms with van der Waals surface area (Å²) in [4.78, 5) is 11.9. The van der Waals surface area contributed by atoms with E-state index in [2.05, 4.69) is 24.6 Å². The second-order valence-electron chi connectivity index (χ2n) is 4.00. The molecule has 1 heterocycles. The van der Waals surface area contributed by atoms with E-state index >= 15 is 0 Å². The zero-order chi connectivity index (χ0) is 11.6. The lowest BCUT2D eigenvalue weighted by atomic mass is 10.1. The Labute approximate surface area is 95.6 Å². The molecule has 0 aromatic heterocycles. The van der Waals surface area contributed by atoms with Crippen LogP contribution in [0, 0.1) is 0 Å². The van der Waals surface area contributed by atoms with Gasteiger partial charge in [0.1, 0.15) is 5.66 Å². The highest BCUT2D eigenvalue weighted by molar-refractivity contribution is 5.93. The number of nitrogens with one attached hydrogen (secondary N) is 2. The first-order chi connectivity index (χ1) is 7.71. The van der Waals surface area contributed by atoms with E-state index in [1.54, 1.807) is 5.01 Å². The molecule has 2 rings (SSSR count). The van der Waals surface area contributed by atoms with Gasteiger partial charge in [0.05, 0.1) is 5.69 Å². The Kier molecular flexibility index (Phi) is 2.83. The number of nitrogens with zero attached hydrogens (tertiary/aromatic N) is 1. The Morgan fingerprint density at radius 3 is 2.31 bits per heavy atom. The van der Waals surface area contributed by atoms with Gasteiger partial charge >= 0.3 is 6.03 Å². The number of carbonyl (C=O) groups is 1. The van der Waals surface area contributed by atoms with E-state index in [1.807, 2.05) is 30.3 Å². The summed E-state index contributed by atoms with van der Waals surface area (Å²) in [7, 11) is 0. The van der Waals surface area contributed by atoms with Crippen molar-refractivity contribution in [3.63, 3.8) is 0 Å². The highest BCUT2D eigenvalue weighted by Crippen LogP contribution is 2.22. The van der Waals surface area contributed by atoms with Gasteiger partial charge in [-0.3, -0.25) is 0 Å². The molecule has 0 aliphatic carbocycles. The number of carbonyl (C=O) groups excluding carboxylic acids is 1. The average molecular weight is 219 g/mol. The molecule has 0 bridgehead atoms. The number of urea groups is 1. The van der Waals surface area contributed by atoms with E-state index in [1.165, 1.54) is 0 Å². The summed E-state index contributed by atoms with van der Waals surface area (Å²) in [5.41, 5.74) is 3.81. The van der Waals surface area contributed by atoms with Gasteiger partial charge in [0.15, 0.2) is 0 Å². The van der Waals surface area contributed by atoms with Crippen molar-refractivity contribution in [3.05, 3.63) is 30.3 Å². The fraction of sp³-hybridized carbons (Fsp3) is 0.417. The predicted molar refractivity (Wildman–Crippen MR) is 63.9 cm³/mol. The number of benzene rings is 1. The summed E-state index contributed by atoms with van der Waals surface area (Å²) >= 11 is 0. The fourth-order valence-electron chi connectivity index (χ4n) is 1.90. The van der Waals surface area contributed by atoms with Gasteiger partial charge < -0.3 is 5.32 Å². The lowest BCUT2D eigenvalue weighted by Gasteiger charge is -2.26. The molecule has 1 aliphatic heterocycles. The molecule has 0 spiro atoms. The van der Waals surface area contributed by atoms with Crippen molar-refractivity contribution >= 4 is 11.7 Å². The lowest BCUT2D eigenvalue weighted by molar-refractivity contribution is 0.244. The first-order valence-electron chi connectivity index (χ1n) is 5.66. The van der Waals surface area contributed by atoms with Crippen molar-refractivity contribution in [2.45, 2.75) is 32.4 Å². The molecule has 1 fully saturated rings. The van der Waals surface area contributed by atoms with E-state index in [9.17, 15) is 4.79 Å². The molecule has 4 nitrogen and oxygen atoms in total. The van der Waals surface area contributed by atoms with Gasteiger partial charge in [0.25, 0.3) is 0 Å². The van der Waals surface area contributed by atoms with Crippen LogP contribution < -0.4 is 15.8 Å². The average Bonchev–Trinajstić information content (AvgIpc) is 2.69. The van der Waals surface area contributed by atoms with E-state index in [4.69, 9.17) is 0 Å². The third-order valence-electron chi connectivity index (χ3n) is 3.10. The molecule has 16 heavy (non-hydrogen) atoms. The minimum atomic E-state index is -0.299. The second-order valence-corrected chi connectivity index (χ2v) is 4.00. The zero-order valence-electron chi connectivity index (χ0n) is 9.66. The van der Waals surface area contributed by atoms with E-state index in [0.717, 1.165) is 18.5 Å². The minimum absolute atomic E-state index is 0.0881. The maximum Gasteiger partial charge on any atom is 0.338 e. The standard InChI is InChI=1S/C12H17N3O/c1-3-12(4-2)13-11(16)15(14-12)10-8-6-5-7-9-10/h5-9,14H,3-4H2,1-2H3,(H,13,16). The molecule has 2 amide bonds. The molecule has 1 aliphatic rings. The fourth-order valence-corrected chi connectivity index (χ4v) is 1.90. The quantitative estimate of drug-likeness (QED) is 0.818. The van der Waals surface area contributed by atoms with Crippen LogP contribution in [-0.4, -0.2) is 11.7 Å². The predicted octanol–water partition coefficient (Wildman–Crippen LogP) is 2.24. The molecule has 0 saturated carbocycles. The number of hydrazine groups is 1. The molecular formula is C12H17N3O. The van der Waals surface area contributed by atoms with Gasteiger partial charge in [-0.05, 0) is 25.0 Å². The molecule has 4 heteroatoms. The first kappa shape index (κ1) is 11.0. The number of rotatable bonds is 3. The van der Waals surface area contributed by atoms with Crippen LogP contribution in [0.5, 0.6) is 0 Å². The van der Waals surface area contributed by atoms with Crippen LogP contribution in [0.1, 0.15) is 26.7 Å². The Bertz CT molecular complexity index is 373. The summed E-state index contributed by atoms with van der Waals surface area (Å²) < 4.78 is 0. The second kappa shape index (κ2) is 4.14. The Morgan fingerprint density at radius 1 is 1.19 bits per heavy atom. The van der Waals surface area contributed by atoms with Crippen molar-refractivity contribution in [1.82, 2.24) is 10.7 Å². The minimum Gasteiger partial charge on any atom is -0.317 e. The monoisotopic (exact) mass is 219 g/mol. The first-order valence-corrected chi connectivity index (χ1v) is 5.66. The highest BCUT2D eigenvalue weighted by atomic mass is 16.2. The lowest BCUT2D eigenvalue weighted by Crippen LogP contribution is -2.50. The Morgan fingerprint density at radius 2 is 1.81 bits per heavy atom. The van der Waals surface area contributed by atoms with Crippen LogP contribution in [0.2, 0.25) is 0 Å². The molecule has 86 valence electrons. The topological polar surface area (TPSA) is 44.4 Å². The molecule has 1 aromatic rings. The van der Waals surface area contributed by atoms with Gasteiger partial charge in [-0.25, -0.2) is 15.2 Å². The van der Waals surface area contributed by atoms with Gasteiger partial charge in [-0.2, -0.15) is 0 Å². The number of anilines is 1. The summed E-state index contributed by atoms with van der Waals surface area (Å²) in [6, 6.07) is 9.51. The Balaban J connectivity index is 2.23. The molecule has 0 atom stereocenters. The normalized spacial score (nSPS) is 18.6. The molecule has 2 N–H and O–H groups in total. The van der Waals surface area contributed by atoms with E-state index < -0.39 is 0 Å². The maximum absolute atomic E-state index is 11.9. The third kappa shape index (κ3) is 1.76. The van der Waals surface area contributed by atoms with Crippen LogP contribution in [0.25, 0.3) is 0 Å². The molecule has 1 saturated heterocycles. The van der Waals surface area contributed by atoms with Crippen molar-refractivity contribution in [2.24, 2.45) is 0 Å². The van der Waals surface area contributed by atoms with Crippen LogP contribution in [0.4, 0.5) is 10.5 Å². The Hall–Kier alpha value is -1.55. The smallest absolute Gasteiger partial charge is 0.317 e. The van der Waals surface area contributed by atoms with Crippen molar-refractivity contribution in [3.8, 4) is 0 Å². The van der Waals surface area contributed by atoms with Crippen molar-refractivity contribution in [1.29, 1.82) is 0 Å². The number of hydrogen-bond donors (Lipinski definition) is 2. The molecule has 0 radical (unpaired) electrons. The highest BCUT2D eigenvalue weighted by Gasteiger charge is 2.39. The van der Waals surface area contributed by atoms with Gasteiger partial charge in [-0.15, -0.1) is 0 Å². The molecular weight excluding hydrogens is 202 g/mol. The van der Waals surface area contributed by atoms with Crippen LogP contribution in [-0.2, 0) is 0 Å². The third-order valence-corrected chi connectivity index (χ3v) is 3.10. The SMILES string of the molecule is CCC1(CC)NC(=O)N(c2ccccc2)N1. The van der Waals surface area contributed by atoms with Crippen molar-refractivity contribution < 1.29 is 4.79 Å². The maximum atomic E-state index is 11.9. The van der Waals surface area contributed by atoms with Gasteiger partial charge in [0, 0.05) is 0 Å². The van der Waals surface area contributed by atoms with Crippen LogP contribution in [0.3, 0.4) is 0 Å². The number of amides is 2. The van der Waals surface area contributed by atoms with Crippen molar-refractivity contribution in [2.75, 3.05) is 5.01 Å².